The fraction of sp³-hybridized carbons (Fsp3) is 0.571. The van der Waals surface area contributed by atoms with E-state index in [4.69, 9.17) is 32.7 Å². The zero-order valence-electron chi connectivity index (χ0n) is 11.0. The van der Waals surface area contributed by atoms with Crippen molar-refractivity contribution in [2.45, 2.75) is 38.5 Å². The minimum absolute atomic E-state index is 0.410. The minimum atomic E-state index is 0.410. The number of rotatable bonds is 8. The summed E-state index contributed by atoms with van der Waals surface area (Å²) in [4.78, 5) is 0. The number of hydrogen-bond donors (Lipinski definition) is 0. The van der Waals surface area contributed by atoms with E-state index in [-0.39, 0.29) is 0 Å². The average Bonchev–Trinajstić information content (AvgIpc) is 2.39. The molecule has 0 heterocycles. The highest BCUT2D eigenvalue weighted by Crippen LogP contribution is 2.36. The van der Waals surface area contributed by atoms with Crippen LogP contribution in [0.2, 0.25) is 5.02 Å². The second-order valence-corrected chi connectivity index (χ2v) is 4.83. The van der Waals surface area contributed by atoms with Gasteiger partial charge in [-0.15, -0.1) is 11.6 Å². The van der Waals surface area contributed by atoms with Crippen LogP contribution in [0.25, 0.3) is 0 Å². The predicted octanol–water partition coefficient (Wildman–Crippen LogP) is 5.05. The highest BCUT2D eigenvalue weighted by molar-refractivity contribution is 6.32. The number of alkyl halides is 1. The van der Waals surface area contributed by atoms with Crippen molar-refractivity contribution >= 4 is 23.2 Å². The first-order valence-electron chi connectivity index (χ1n) is 6.28. The molecule has 0 amide bonds. The molecule has 0 bridgehead atoms. The summed E-state index contributed by atoms with van der Waals surface area (Å²) in [5, 5.41) is 0.556. The van der Waals surface area contributed by atoms with Gasteiger partial charge in [-0.1, -0.05) is 37.8 Å². The summed E-state index contributed by atoms with van der Waals surface area (Å²) in [5.41, 5.74) is 0.928. The van der Waals surface area contributed by atoms with E-state index in [9.17, 15) is 0 Å². The van der Waals surface area contributed by atoms with E-state index in [0.29, 0.717) is 29.0 Å². The lowest BCUT2D eigenvalue weighted by atomic mass is 10.2. The Balaban J connectivity index is 2.63. The minimum Gasteiger partial charge on any atom is -0.493 e. The third-order valence-electron chi connectivity index (χ3n) is 2.69. The van der Waals surface area contributed by atoms with Crippen LogP contribution in [0.15, 0.2) is 12.1 Å². The molecule has 0 aliphatic rings. The molecule has 2 nitrogen and oxygen atoms in total. The van der Waals surface area contributed by atoms with Crippen LogP contribution in [0.3, 0.4) is 0 Å². The molecule has 0 atom stereocenters. The number of hydrogen-bond acceptors (Lipinski definition) is 2. The van der Waals surface area contributed by atoms with E-state index in [1.54, 1.807) is 7.11 Å². The zero-order valence-corrected chi connectivity index (χ0v) is 12.5. The van der Waals surface area contributed by atoms with Crippen LogP contribution in [0, 0.1) is 0 Å². The van der Waals surface area contributed by atoms with Gasteiger partial charge >= 0.3 is 0 Å². The number of methoxy groups -OCH3 is 1. The van der Waals surface area contributed by atoms with Crippen molar-refractivity contribution in [3.05, 3.63) is 22.7 Å². The Kier molecular flexibility index (Phi) is 7.29. The molecule has 0 fully saturated rings. The predicted molar refractivity (Wildman–Crippen MR) is 77.2 cm³/mol. The maximum atomic E-state index is 6.17. The van der Waals surface area contributed by atoms with Crippen LogP contribution in [-0.4, -0.2) is 13.7 Å². The van der Waals surface area contributed by atoms with Gasteiger partial charge in [0, 0.05) is 5.88 Å². The molecule has 0 N–H and O–H groups in total. The molecule has 1 aromatic rings. The first-order chi connectivity index (χ1) is 8.72. The summed E-state index contributed by atoms with van der Waals surface area (Å²) >= 11 is 12.0. The van der Waals surface area contributed by atoms with Crippen molar-refractivity contribution < 1.29 is 9.47 Å². The van der Waals surface area contributed by atoms with Gasteiger partial charge in [0.25, 0.3) is 0 Å². The van der Waals surface area contributed by atoms with Gasteiger partial charge in [0.1, 0.15) is 0 Å². The molecule has 1 aromatic carbocycles. The maximum absolute atomic E-state index is 6.17. The Morgan fingerprint density at radius 3 is 2.56 bits per heavy atom. The summed E-state index contributed by atoms with van der Waals surface area (Å²) in [5.74, 6) is 1.67. The van der Waals surface area contributed by atoms with E-state index < -0.39 is 0 Å². The number of unbranched alkanes of at least 4 members (excludes halogenated alkanes) is 3. The van der Waals surface area contributed by atoms with Gasteiger partial charge in [0.15, 0.2) is 11.5 Å². The molecule has 0 unspecified atom stereocenters. The van der Waals surface area contributed by atoms with Gasteiger partial charge in [-0.2, -0.15) is 0 Å². The third kappa shape index (κ3) is 4.58. The molecular formula is C14H20Cl2O2. The lowest BCUT2D eigenvalue weighted by Gasteiger charge is -2.13. The molecule has 18 heavy (non-hydrogen) atoms. The molecule has 0 saturated carbocycles. The Bertz CT molecular complexity index is 367. The highest BCUT2D eigenvalue weighted by Gasteiger charge is 2.11. The van der Waals surface area contributed by atoms with E-state index in [0.717, 1.165) is 12.0 Å². The quantitative estimate of drug-likeness (QED) is 0.493. The van der Waals surface area contributed by atoms with Crippen LogP contribution in [0.5, 0.6) is 11.5 Å². The fourth-order valence-corrected chi connectivity index (χ4v) is 2.14. The van der Waals surface area contributed by atoms with Crippen molar-refractivity contribution in [2.75, 3.05) is 13.7 Å². The standard InChI is InChI=1S/C14H20Cl2O2/c1-3-4-5-6-7-18-14-12(16)8-11(10-15)9-13(14)17-2/h8-9H,3-7,10H2,1-2H3. The van der Waals surface area contributed by atoms with Crippen LogP contribution in [-0.2, 0) is 5.88 Å². The average molecular weight is 291 g/mol. The molecule has 0 spiro atoms. The monoisotopic (exact) mass is 290 g/mol. The summed E-state index contributed by atoms with van der Waals surface area (Å²) in [7, 11) is 1.60. The molecule has 102 valence electrons. The normalized spacial score (nSPS) is 10.4. The lowest BCUT2D eigenvalue weighted by molar-refractivity contribution is 0.285. The summed E-state index contributed by atoms with van der Waals surface area (Å²) < 4.78 is 11.0. The van der Waals surface area contributed by atoms with E-state index in [1.807, 2.05) is 12.1 Å². The first-order valence-corrected chi connectivity index (χ1v) is 7.19. The van der Waals surface area contributed by atoms with Gasteiger partial charge in [-0.25, -0.2) is 0 Å². The summed E-state index contributed by atoms with van der Waals surface area (Å²) in [6.07, 6.45) is 4.66. The van der Waals surface area contributed by atoms with Crippen LogP contribution in [0.1, 0.15) is 38.2 Å². The Labute approximate surface area is 119 Å². The van der Waals surface area contributed by atoms with Crippen molar-refractivity contribution in [1.29, 1.82) is 0 Å². The van der Waals surface area contributed by atoms with Crippen molar-refractivity contribution in [3.63, 3.8) is 0 Å². The van der Waals surface area contributed by atoms with Crippen LogP contribution < -0.4 is 9.47 Å². The largest absolute Gasteiger partial charge is 0.493 e. The zero-order chi connectivity index (χ0) is 13.4. The molecule has 0 saturated heterocycles. The summed E-state index contributed by atoms with van der Waals surface area (Å²) in [6, 6.07) is 3.68. The molecule has 0 aromatic heterocycles. The van der Waals surface area contributed by atoms with Gasteiger partial charge in [-0.05, 0) is 24.1 Å². The van der Waals surface area contributed by atoms with Crippen molar-refractivity contribution in [3.8, 4) is 11.5 Å². The number of halogens is 2. The van der Waals surface area contributed by atoms with Gasteiger partial charge < -0.3 is 9.47 Å². The SMILES string of the molecule is CCCCCCOc1c(Cl)cc(CCl)cc1OC. The van der Waals surface area contributed by atoms with E-state index >= 15 is 0 Å². The second-order valence-electron chi connectivity index (χ2n) is 4.15. The molecule has 0 aliphatic heterocycles. The van der Waals surface area contributed by atoms with Gasteiger partial charge in [0.05, 0.1) is 18.7 Å². The van der Waals surface area contributed by atoms with Crippen molar-refractivity contribution in [1.82, 2.24) is 0 Å². The molecule has 1 rings (SSSR count). The molecule has 4 heteroatoms. The van der Waals surface area contributed by atoms with E-state index in [2.05, 4.69) is 6.92 Å². The Morgan fingerprint density at radius 1 is 1.17 bits per heavy atom. The molecular weight excluding hydrogens is 271 g/mol. The van der Waals surface area contributed by atoms with E-state index in [1.165, 1.54) is 19.3 Å². The Hall–Kier alpha value is -0.600. The summed E-state index contributed by atoms with van der Waals surface area (Å²) in [6.45, 7) is 2.85. The number of benzene rings is 1. The highest BCUT2D eigenvalue weighted by atomic mass is 35.5. The smallest absolute Gasteiger partial charge is 0.179 e. The Morgan fingerprint density at radius 2 is 1.94 bits per heavy atom. The first kappa shape index (κ1) is 15.5. The van der Waals surface area contributed by atoms with Crippen molar-refractivity contribution in [2.24, 2.45) is 0 Å². The van der Waals surface area contributed by atoms with Gasteiger partial charge in [-0.3, -0.25) is 0 Å². The maximum Gasteiger partial charge on any atom is 0.179 e. The molecule has 0 radical (unpaired) electrons. The lowest BCUT2D eigenvalue weighted by Crippen LogP contribution is -2.00. The second kappa shape index (κ2) is 8.49. The topological polar surface area (TPSA) is 18.5 Å². The number of ether oxygens (including phenoxy) is 2. The fourth-order valence-electron chi connectivity index (χ4n) is 1.69. The third-order valence-corrected chi connectivity index (χ3v) is 3.28. The van der Waals surface area contributed by atoms with Crippen LogP contribution in [0.4, 0.5) is 0 Å². The van der Waals surface area contributed by atoms with Crippen LogP contribution >= 0.6 is 23.2 Å². The van der Waals surface area contributed by atoms with Gasteiger partial charge in [0.2, 0.25) is 0 Å². The molecule has 0 aliphatic carbocycles.